The third-order valence-corrected chi connectivity index (χ3v) is 8.46. The van der Waals surface area contributed by atoms with Gasteiger partial charge in [-0.05, 0) is 6.92 Å². The molecular formula is C31H33NO16. The van der Waals surface area contributed by atoms with Crippen molar-refractivity contribution in [3.8, 4) is 11.5 Å². The molecule has 0 radical (unpaired) electrons. The minimum Gasteiger partial charge on any atom is -0.507 e. The molecule has 17 heteroatoms. The van der Waals surface area contributed by atoms with Crippen LogP contribution in [-0.2, 0) is 35.1 Å². The van der Waals surface area contributed by atoms with Crippen molar-refractivity contribution in [2.45, 2.75) is 74.8 Å². The van der Waals surface area contributed by atoms with Gasteiger partial charge in [0.25, 0.3) is 0 Å². The monoisotopic (exact) mass is 675 g/mol. The molecule has 258 valence electrons. The summed E-state index contributed by atoms with van der Waals surface area (Å²) in [6, 6.07) is 6.10. The number of ether oxygens (including phenoxy) is 2. The number of aliphatic hydroxyl groups is 3. The summed E-state index contributed by atoms with van der Waals surface area (Å²) < 4.78 is 11.4. The molecule has 0 aromatic heterocycles. The number of ketones is 3. The van der Waals surface area contributed by atoms with Gasteiger partial charge < -0.3 is 56.1 Å². The number of hydrogen-bond donors (Lipinski definition) is 9. The van der Waals surface area contributed by atoms with E-state index in [9.17, 15) is 49.2 Å². The summed E-state index contributed by atoms with van der Waals surface area (Å²) in [6.07, 6.45) is -7.02. The van der Waals surface area contributed by atoms with Crippen molar-refractivity contribution in [1.29, 1.82) is 0 Å². The van der Waals surface area contributed by atoms with Crippen LogP contribution in [0.5, 0.6) is 11.5 Å². The molecule has 2 aromatic carbocycles. The van der Waals surface area contributed by atoms with Gasteiger partial charge in [-0.25, -0.2) is 4.79 Å². The molecular weight excluding hydrogens is 642 g/mol. The zero-order valence-corrected chi connectivity index (χ0v) is 25.3. The maximum absolute atomic E-state index is 13.3. The fraction of sp³-hybridized carbons (Fsp3) is 0.419. The Labute approximate surface area is 270 Å². The zero-order chi connectivity index (χ0) is 35.9. The molecule has 1 aliphatic heterocycles. The van der Waals surface area contributed by atoms with Gasteiger partial charge >= 0.3 is 17.9 Å². The van der Waals surface area contributed by atoms with Crippen molar-refractivity contribution in [3.63, 3.8) is 0 Å². The first-order chi connectivity index (χ1) is 22.3. The molecule has 10 N–H and O–H groups in total. The highest BCUT2D eigenvalue weighted by Gasteiger charge is 2.48. The van der Waals surface area contributed by atoms with E-state index in [1.165, 1.54) is 19.1 Å². The number of fused-ring (bicyclic) bond motifs is 3. The average molecular weight is 676 g/mol. The number of phenolic OH excluding ortho intramolecular Hbond substituents is 2. The van der Waals surface area contributed by atoms with Gasteiger partial charge in [0.05, 0.1) is 48.3 Å². The SMILES string of the molecule is CC(=O)[C@]1(N)Cc2c(O)c3c(c(O)c2[C@@H](O[C@H]2C[C@H](O)[C@H](O)CO2)C1)C(=O)c1ccccc1C3=O.O=C(O)CC(O)(CC(=O)O)C(=O)O. The molecule has 0 amide bonds. The van der Waals surface area contributed by atoms with Crippen molar-refractivity contribution in [2.24, 2.45) is 5.73 Å². The molecule has 1 fully saturated rings. The smallest absolute Gasteiger partial charge is 0.336 e. The highest BCUT2D eigenvalue weighted by Crippen LogP contribution is 2.51. The highest BCUT2D eigenvalue weighted by molar-refractivity contribution is 6.30. The third-order valence-electron chi connectivity index (χ3n) is 8.46. The number of benzene rings is 2. The highest BCUT2D eigenvalue weighted by atomic mass is 16.7. The van der Waals surface area contributed by atoms with Crippen LogP contribution in [0.4, 0.5) is 0 Å². The molecule has 2 aromatic rings. The van der Waals surface area contributed by atoms with Crippen molar-refractivity contribution in [1.82, 2.24) is 0 Å². The predicted molar refractivity (Wildman–Crippen MR) is 156 cm³/mol. The summed E-state index contributed by atoms with van der Waals surface area (Å²) in [4.78, 5) is 69.5. The molecule has 48 heavy (non-hydrogen) atoms. The zero-order valence-electron chi connectivity index (χ0n) is 25.3. The standard InChI is InChI=1S/C25H25NO9.C6H8O7/c1-10(27)25(26)7-13-18(16(8-25)35-17-6-14(28)15(29)9-34-17)24(33)20-19(23(13)32)21(30)11-4-2-3-5-12(11)22(20)31;7-3(8)1-6(13,5(11)12)2-4(9)10/h2-5,14-17,28-29,32-33H,6-9,26H2,1H3;13H,1-2H2,(H,7,8)(H,9,10)(H,11,12)/t14-,15+,16-,17-,25-;/m0./s1. The number of carbonyl (C=O) groups is 6. The molecule has 3 aliphatic rings. The second-order valence-corrected chi connectivity index (χ2v) is 11.9. The normalized spacial score (nSPS) is 24.7. The largest absolute Gasteiger partial charge is 0.507 e. The van der Waals surface area contributed by atoms with Crippen LogP contribution in [0, 0.1) is 0 Å². The molecule has 0 saturated carbocycles. The second kappa shape index (κ2) is 13.4. The molecule has 2 aliphatic carbocycles. The Morgan fingerprint density at radius 3 is 1.92 bits per heavy atom. The van der Waals surface area contributed by atoms with E-state index < -0.39 is 95.3 Å². The lowest BCUT2D eigenvalue weighted by molar-refractivity contribution is -0.238. The number of carbonyl (C=O) groups excluding carboxylic acids is 3. The Kier molecular flexibility index (Phi) is 10.1. The second-order valence-electron chi connectivity index (χ2n) is 11.9. The van der Waals surface area contributed by atoms with Crippen LogP contribution in [0.2, 0.25) is 0 Å². The number of aliphatic hydroxyl groups excluding tert-OH is 2. The Morgan fingerprint density at radius 1 is 0.938 bits per heavy atom. The van der Waals surface area contributed by atoms with E-state index in [0.717, 1.165) is 0 Å². The van der Waals surface area contributed by atoms with E-state index >= 15 is 0 Å². The molecule has 5 rings (SSSR count). The Morgan fingerprint density at radius 2 is 1.46 bits per heavy atom. The van der Waals surface area contributed by atoms with Crippen LogP contribution in [0.15, 0.2) is 24.3 Å². The minimum atomic E-state index is -2.74. The number of aliphatic carboxylic acids is 3. The molecule has 0 bridgehead atoms. The lowest BCUT2D eigenvalue weighted by Crippen LogP contribution is -2.53. The van der Waals surface area contributed by atoms with E-state index in [2.05, 4.69) is 0 Å². The average Bonchev–Trinajstić information content (AvgIpc) is 2.98. The fourth-order valence-corrected chi connectivity index (χ4v) is 5.85. The maximum atomic E-state index is 13.3. The van der Waals surface area contributed by atoms with Crippen LogP contribution in [-0.4, -0.2) is 112 Å². The molecule has 17 nitrogen and oxygen atoms in total. The first kappa shape index (κ1) is 36.1. The van der Waals surface area contributed by atoms with Gasteiger partial charge in [0.15, 0.2) is 23.5 Å². The first-order valence-electron chi connectivity index (χ1n) is 14.4. The van der Waals surface area contributed by atoms with Crippen molar-refractivity contribution in [3.05, 3.63) is 57.6 Å². The number of aromatic hydroxyl groups is 2. The topological polar surface area (TPSA) is 309 Å². The minimum absolute atomic E-state index is 0.0344. The quantitative estimate of drug-likeness (QED) is 0.134. The lowest BCUT2D eigenvalue weighted by Gasteiger charge is -2.41. The molecule has 0 unspecified atom stereocenters. The summed E-state index contributed by atoms with van der Waals surface area (Å²) in [5.41, 5.74) is 1.73. The molecule has 0 spiro atoms. The number of carboxylic acid groups (broad SMARTS) is 3. The van der Waals surface area contributed by atoms with Crippen LogP contribution in [0.1, 0.15) is 81.7 Å². The van der Waals surface area contributed by atoms with Gasteiger partial charge in [0.1, 0.15) is 23.4 Å². The number of phenols is 2. The van der Waals surface area contributed by atoms with E-state index in [1.54, 1.807) is 12.1 Å². The van der Waals surface area contributed by atoms with Crippen LogP contribution >= 0.6 is 0 Å². The molecule has 1 saturated heterocycles. The summed E-state index contributed by atoms with van der Waals surface area (Å²) in [6.45, 7) is 1.09. The number of hydrogen-bond acceptors (Lipinski definition) is 14. The lowest BCUT2D eigenvalue weighted by atomic mass is 9.71. The Balaban J connectivity index is 0.000000341. The van der Waals surface area contributed by atoms with Crippen LogP contribution < -0.4 is 5.73 Å². The van der Waals surface area contributed by atoms with Crippen LogP contribution in [0.3, 0.4) is 0 Å². The van der Waals surface area contributed by atoms with E-state index in [4.69, 9.17) is 35.6 Å². The first-order valence-corrected chi connectivity index (χ1v) is 14.4. The predicted octanol–water partition coefficient (Wildman–Crippen LogP) is -0.617. The number of Topliss-reactive ketones (excluding diaryl/α,β-unsaturated/α-hetero) is 1. The van der Waals surface area contributed by atoms with Crippen LogP contribution in [0.25, 0.3) is 0 Å². The summed E-state index contributed by atoms with van der Waals surface area (Å²) in [5, 5.41) is 76.1. The summed E-state index contributed by atoms with van der Waals surface area (Å²) >= 11 is 0. The van der Waals surface area contributed by atoms with E-state index in [0.29, 0.717) is 0 Å². The van der Waals surface area contributed by atoms with Gasteiger partial charge in [-0.1, -0.05) is 24.3 Å². The Bertz CT molecular complexity index is 1690. The van der Waals surface area contributed by atoms with E-state index in [1.807, 2.05) is 0 Å². The molecule has 5 atom stereocenters. The van der Waals surface area contributed by atoms with Gasteiger partial charge in [0.2, 0.25) is 0 Å². The number of carboxylic acids is 3. The van der Waals surface area contributed by atoms with Gasteiger partial charge in [0, 0.05) is 41.5 Å². The number of nitrogens with two attached hydrogens (primary N) is 1. The van der Waals surface area contributed by atoms with Crippen molar-refractivity contribution in [2.75, 3.05) is 6.61 Å². The van der Waals surface area contributed by atoms with Gasteiger partial charge in [-0.15, -0.1) is 0 Å². The fourth-order valence-electron chi connectivity index (χ4n) is 5.85. The summed E-state index contributed by atoms with van der Waals surface area (Å²) in [5.74, 6) is -7.76. The van der Waals surface area contributed by atoms with Crippen molar-refractivity contribution < 1.29 is 79.1 Å². The van der Waals surface area contributed by atoms with E-state index in [-0.39, 0.29) is 59.3 Å². The maximum Gasteiger partial charge on any atom is 0.336 e. The van der Waals surface area contributed by atoms with Crippen molar-refractivity contribution >= 4 is 35.3 Å². The number of rotatable bonds is 8. The Hall–Kier alpha value is -4.78. The van der Waals surface area contributed by atoms with Gasteiger partial charge in [-0.3, -0.25) is 24.0 Å². The van der Waals surface area contributed by atoms with Gasteiger partial charge in [-0.2, -0.15) is 0 Å². The summed E-state index contributed by atoms with van der Waals surface area (Å²) in [7, 11) is 0. The molecule has 1 heterocycles. The third kappa shape index (κ3) is 6.77.